The number of aromatic nitrogens is 4. The second kappa shape index (κ2) is 8.01. The summed E-state index contributed by atoms with van der Waals surface area (Å²) in [7, 11) is -3.70. The van der Waals surface area contributed by atoms with E-state index in [1.165, 1.54) is 41.3 Å². The first-order valence-corrected chi connectivity index (χ1v) is 9.31. The van der Waals surface area contributed by atoms with Gasteiger partial charge in [-0.05, 0) is 40.8 Å². The van der Waals surface area contributed by atoms with E-state index in [-0.39, 0.29) is 23.5 Å². The molecule has 0 atom stereocenters. The molecule has 11 heteroatoms. The molecule has 0 fully saturated rings. The Hall–Kier alpha value is -3.18. The van der Waals surface area contributed by atoms with Gasteiger partial charge >= 0.3 is 0 Å². The van der Waals surface area contributed by atoms with Crippen molar-refractivity contribution in [1.82, 2.24) is 24.9 Å². The number of carbonyl (C=O) groups is 1. The number of hydrogen-bond donors (Lipinski definition) is 2. The van der Waals surface area contributed by atoms with E-state index in [1.807, 2.05) is 0 Å². The average molecular weight is 390 g/mol. The van der Waals surface area contributed by atoms with Crippen molar-refractivity contribution in [3.8, 4) is 5.69 Å². The third kappa shape index (κ3) is 4.71. The first-order valence-electron chi connectivity index (χ1n) is 7.83. The number of halogens is 1. The van der Waals surface area contributed by atoms with Crippen LogP contribution in [0.2, 0.25) is 0 Å². The molecule has 0 bridgehead atoms. The Bertz CT molecular complexity index is 1030. The van der Waals surface area contributed by atoms with Crippen LogP contribution in [-0.4, -0.2) is 41.1 Å². The summed E-state index contributed by atoms with van der Waals surface area (Å²) in [4.78, 5) is 12.1. The number of sulfonamides is 1. The van der Waals surface area contributed by atoms with Crippen molar-refractivity contribution in [3.63, 3.8) is 0 Å². The van der Waals surface area contributed by atoms with E-state index in [9.17, 15) is 17.6 Å². The van der Waals surface area contributed by atoms with E-state index in [0.717, 1.165) is 0 Å². The van der Waals surface area contributed by atoms with Crippen molar-refractivity contribution >= 4 is 21.6 Å². The summed E-state index contributed by atoms with van der Waals surface area (Å²) < 4.78 is 41.7. The van der Waals surface area contributed by atoms with E-state index >= 15 is 0 Å². The van der Waals surface area contributed by atoms with Crippen molar-refractivity contribution in [2.75, 3.05) is 11.9 Å². The van der Waals surface area contributed by atoms with Crippen molar-refractivity contribution < 1.29 is 17.6 Å². The fourth-order valence-corrected chi connectivity index (χ4v) is 3.28. The van der Waals surface area contributed by atoms with Gasteiger partial charge in [0.2, 0.25) is 15.9 Å². The highest BCUT2D eigenvalue weighted by molar-refractivity contribution is 7.89. The average Bonchev–Trinajstić information content (AvgIpc) is 3.19. The van der Waals surface area contributed by atoms with Gasteiger partial charge in [0.15, 0.2) is 0 Å². The van der Waals surface area contributed by atoms with Crippen LogP contribution in [0.5, 0.6) is 0 Å². The number of benzene rings is 2. The summed E-state index contributed by atoms with van der Waals surface area (Å²) in [5, 5.41) is 13.1. The van der Waals surface area contributed by atoms with Crippen LogP contribution in [0.4, 0.5) is 10.1 Å². The number of amides is 1. The van der Waals surface area contributed by atoms with Gasteiger partial charge in [0.25, 0.3) is 0 Å². The summed E-state index contributed by atoms with van der Waals surface area (Å²) in [6.45, 7) is -0.128. The Morgan fingerprint density at radius 1 is 1.15 bits per heavy atom. The van der Waals surface area contributed by atoms with E-state index < -0.39 is 21.7 Å². The molecule has 140 valence electrons. The Morgan fingerprint density at radius 2 is 1.93 bits per heavy atom. The Morgan fingerprint density at radius 3 is 2.63 bits per heavy atom. The number of carbonyl (C=O) groups excluding carboxylic acids is 1. The molecular formula is C16H15FN6O3S. The van der Waals surface area contributed by atoms with Crippen molar-refractivity contribution in [2.24, 2.45) is 0 Å². The van der Waals surface area contributed by atoms with Crippen LogP contribution >= 0.6 is 0 Å². The maximum atomic E-state index is 13.9. The third-order valence-electron chi connectivity index (χ3n) is 3.54. The molecular weight excluding hydrogens is 375 g/mol. The molecule has 1 heterocycles. The fourth-order valence-electron chi connectivity index (χ4n) is 2.23. The maximum absolute atomic E-state index is 13.9. The Balaban J connectivity index is 1.59. The Labute approximate surface area is 154 Å². The van der Waals surface area contributed by atoms with Gasteiger partial charge < -0.3 is 5.32 Å². The minimum Gasteiger partial charge on any atom is -0.323 e. The molecule has 0 unspecified atom stereocenters. The normalized spacial score (nSPS) is 11.3. The van der Waals surface area contributed by atoms with Crippen LogP contribution in [0.15, 0.2) is 59.8 Å². The molecule has 0 saturated carbocycles. The molecule has 0 spiro atoms. The van der Waals surface area contributed by atoms with Crippen molar-refractivity contribution in [3.05, 3.63) is 60.7 Å². The molecule has 2 N–H and O–H groups in total. The molecule has 27 heavy (non-hydrogen) atoms. The standard InChI is InChI=1S/C16H15FN6O3S/c17-14-7-6-12(23-11-18-21-22-23)10-15(14)20-16(24)8-9-19-27(25,26)13-4-2-1-3-5-13/h1-7,10-11,19H,8-9H2,(H,20,24). The lowest BCUT2D eigenvalue weighted by Gasteiger charge is -2.09. The summed E-state index contributed by atoms with van der Waals surface area (Å²) in [6, 6.07) is 11.8. The predicted octanol–water partition coefficient (Wildman–Crippen LogP) is 1.11. The first-order chi connectivity index (χ1) is 13.0. The lowest BCUT2D eigenvalue weighted by atomic mass is 10.2. The summed E-state index contributed by atoms with van der Waals surface area (Å²) in [6.07, 6.45) is 1.16. The van der Waals surface area contributed by atoms with E-state index in [0.29, 0.717) is 5.69 Å². The molecule has 1 aromatic heterocycles. The minimum atomic E-state index is -3.70. The summed E-state index contributed by atoms with van der Waals surface area (Å²) in [5.41, 5.74) is 0.403. The summed E-state index contributed by atoms with van der Waals surface area (Å²) >= 11 is 0. The number of nitrogens with one attached hydrogen (secondary N) is 2. The largest absolute Gasteiger partial charge is 0.323 e. The number of hydrogen-bond acceptors (Lipinski definition) is 6. The zero-order chi connectivity index (χ0) is 19.3. The lowest BCUT2D eigenvalue weighted by Crippen LogP contribution is -2.28. The molecule has 3 rings (SSSR count). The van der Waals surface area contributed by atoms with Gasteiger partial charge in [-0.15, -0.1) is 5.10 Å². The maximum Gasteiger partial charge on any atom is 0.240 e. The highest BCUT2D eigenvalue weighted by atomic mass is 32.2. The van der Waals surface area contributed by atoms with Gasteiger partial charge in [0.05, 0.1) is 16.3 Å². The van der Waals surface area contributed by atoms with Gasteiger partial charge in [0.1, 0.15) is 12.1 Å². The van der Waals surface area contributed by atoms with Crippen LogP contribution in [-0.2, 0) is 14.8 Å². The van der Waals surface area contributed by atoms with Crippen LogP contribution in [0.25, 0.3) is 5.69 Å². The Kier molecular flexibility index (Phi) is 5.52. The molecule has 0 saturated heterocycles. The highest BCUT2D eigenvalue weighted by Crippen LogP contribution is 2.18. The van der Waals surface area contributed by atoms with E-state index in [4.69, 9.17) is 0 Å². The smallest absolute Gasteiger partial charge is 0.240 e. The van der Waals surface area contributed by atoms with Gasteiger partial charge in [-0.2, -0.15) is 0 Å². The van der Waals surface area contributed by atoms with Crippen molar-refractivity contribution in [2.45, 2.75) is 11.3 Å². The van der Waals surface area contributed by atoms with Gasteiger partial charge in [-0.25, -0.2) is 22.2 Å². The first kappa shape index (κ1) is 18.6. The van der Waals surface area contributed by atoms with Crippen LogP contribution < -0.4 is 10.0 Å². The van der Waals surface area contributed by atoms with E-state index in [2.05, 4.69) is 25.6 Å². The monoisotopic (exact) mass is 390 g/mol. The molecule has 0 aliphatic heterocycles. The zero-order valence-corrected chi connectivity index (χ0v) is 14.7. The van der Waals surface area contributed by atoms with E-state index in [1.54, 1.807) is 18.2 Å². The lowest BCUT2D eigenvalue weighted by molar-refractivity contribution is -0.116. The number of rotatable bonds is 7. The van der Waals surface area contributed by atoms with Gasteiger partial charge in [-0.3, -0.25) is 4.79 Å². The second-order valence-corrected chi connectivity index (χ2v) is 7.19. The third-order valence-corrected chi connectivity index (χ3v) is 5.01. The quantitative estimate of drug-likeness (QED) is 0.624. The van der Waals surface area contributed by atoms with Crippen LogP contribution in [0.1, 0.15) is 6.42 Å². The molecule has 1 amide bonds. The van der Waals surface area contributed by atoms with Crippen LogP contribution in [0, 0.1) is 5.82 Å². The van der Waals surface area contributed by atoms with Crippen LogP contribution in [0.3, 0.4) is 0 Å². The minimum absolute atomic E-state index is 0.0566. The predicted molar refractivity (Wildman–Crippen MR) is 94.0 cm³/mol. The topological polar surface area (TPSA) is 119 Å². The molecule has 3 aromatic rings. The summed E-state index contributed by atoms with van der Waals surface area (Å²) in [5.74, 6) is -1.18. The zero-order valence-electron chi connectivity index (χ0n) is 13.9. The molecule has 0 aliphatic rings. The number of tetrazole rings is 1. The second-order valence-electron chi connectivity index (χ2n) is 5.43. The highest BCUT2D eigenvalue weighted by Gasteiger charge is 2.14. The molecule has 0 radical (unpaired) electrons. The molecule has 9 nitrogen and oxygen atoms in total. The SMILES string of the molecule is O=C(CCNS(=O)(=O)c1ccccc1)Nc1cc(-n2cnnn2)ccc1F. The van der Waals surface area contributed by atoms with Gasteiger partial charge in [0, 0.05) is 13.0 Å². The fraction of sp³-hybridized carbons (Fsp3) is 0.125. The number of nitrogens with zero attached hydrogens (tertiary/aromatic N) is 4. The van der Waals surface area contributed by atoms with Gasteiger partial charge in [-0.1, -0.05) is 18.2 Å². The van der Waals surface area contributed by atoms with Crippen molar-refractivity contribution in [1.29, 1.82) is 0 Å². The molecule has 2 aromatic carbocycles. The number of anilines is 1. The molecule has 0 aliphatic carbocycles.